The lowest BCUT2D eigenvalue weighted by Crippen LogP contribution is -2.42. The van der Waals surface area contributed by atoms with Gasteiger partial charge < -0.3 is 20.2 Å². The van der Waals surface area contributed by atoms with Gasteiger partial charge in [-0.15, -0.1) is 0 Å². The van der Waals surface area contributed by atoms with Gasteiger partial charge in [0.2, 0.25) is 5.91 Å². The Bertz CT molecular complexity index is 1090. The lowest BCUT2D eigenvalue weighted by atomic mass is 10.0. The first-order valence-corrected chi connectivity index (χ1v) is 10.6. The fraction of sp³-hybridized carbons (Fsp3) is 0.333. The molecule has 0 bridgehead atoms. The van der Waals surface area contributed by atoms with Crippen LogP contribution in [0.2, 0.25) is 0 Å². The molecule has 0 radical (unpaired) electrons. The summed E-state index contributed by atoms with van der Waals surface area (Å²) in [6.07, 6.45) is 3.23. The molecule has 1 fully saturated rings. The maximum Gasteiger partial charge on any atom is 0.320 e. The Balaban J connectivity index is 1.58. The van der Waals surface area contributed by atoms with Crippen LogP contribution in [-0.4, -0.2) is 42.5 Å². The smallest absolute Gasteiger partial charge is 0.320 e. The van der Waals surface area contributed by atoms with Gasteiger partial charge in [0.1, 0.15) is 5.58 Å². The molecule has 3 N–H and O–H groups in total. The fourth-order valence-electron chi connectivity index (χ4n) is 4.14. The molecule has 0 saturated carbocycles. The van der Waals surface area contributed by atoms with Crippen LogP contribution in [0.5, 0.6) is 0 Å². The molecule has 7 heteroatoms. The average Bonchev–Trinajstić information content (AvgIpc) is 3.42. The van der Waals surface area contributed by atoms with E-state index >= 15 is 0 Å². The highest BCUT2D eigenvalue weighted by molar-refractivity contribution is 6.01. The second-order valence-corrected chi connectivity index (χ2v) is 7.69. The molecule has 0 spiro atoms. The van der Waals surface area contributed by atoms with Crippen molar-refractivity contribution in [3.8, 4) is 11.1 Å². The molecular weight excluding hydrogens is 394 g/mol. The zero-order chi connectivity index (χ0) is 21.8. The largest absolute Gasteiger partial charge is 0.465 e. The van der Waals surface area contributed by atoms with Gasteiger partial charge in [-0.25, -0.2) is 0 Å². The lowest BCUT2D eigenvalue weighted by Gasteiger charge is -2.22. The molecule has 4 rings (SSSR count). The number of nitrogens with one attached hydrogen (secondary N) is 1. The fourth-order valence-corrected chi connectivity index (χ4v) is 4.14. The number of fused-ring (bicyclic) bond motifs is 1. The highest BCUT2D eigenvalue weighted by Crippen LogP contribution is 2.33. The number of likely N-dealkylation sites (tertiary alicyclic amines) is 1. The summed E-state index contributed by atoms with van der Waals surface area (Å²) < 4.78 is 10.8. The number of anilines is 1. The number of esters is 1. The van der Waals surface area contributed by atoms with Gasteiger partial charge in [0.05, 0.1) is 25.5 Å². The summed E-state index contributed by atoms with van der Waals surface area (Å²) in [5.41, 5.74) is 10.1. The standard InChI is InChI=1S/C24H27N3O4/c1-2-30-22(28)15-27-9-4-7-21(27)24(29)26-19-12-18-8-10-31-23(18)20(13-19)17-6-3-5-16(11-17)14-25/h3,5-6,8,10-13,21H,2,4,7,9,14-15,25H2,1H3,(H,26,29)/t21-/m0/s1. The van der Waals surface area contributed by atoms with Crippen molar-refractivity contribution in [1.29, 1.82) is 0 Å². The van der Waals surface area contributed by atoms with E-state index in [1.807, 2.05) is 47.4 Å². The Labute approximate surface area is 181 Å². The molecule has 1 atom stereocenters. The van der Waals surface area contributed by atoms with Crippen molar-refractivity contribution in [2.75, 3.05) is 25.0 Å². The van der Waals surface area contributed by atoms with E-state index in [1.54, 1.807) is 13.2 Å². The lowest BCUT2D eigenvalue weighted by molar-refractivity contribution is -0.144. The van der Waals surface area contributed by atoms with Gasteiger partial charge in [0, 0.05) is 23.2 Å². The number of amides is 1. The molecular formula is C24H27N3O4. The van der Waals surface area contributed by atoms with Crippen molar-refractivity contribution < 1.29 is 18.7 Å². The molecule has 1 amide bonds. The van der Waals surface area contributed by atoms with E-state index in [0.717, 1.165) is 34.1 Å². The number of hydrogen-bond acceptors (Lipinski definition) is 6. The summed E-state index contributed by atoms with van der Waals surface area (Å²) in [7, 11) is 0. The van der Waals surface area contributed by atoms with Crippen molar-refractivity contribution in [3.63, 3.8) is 0 Å². The Hall–Kier alpha value is -3.16. The van der Waals surface area contributed by atoms with Crippen LogP contribution in [0, 0.1) is 0 Å². The van der Waals surface area contributed by atoms with Crippen LogP contribution in [0.15, 0.2) is 53.1 Å². The van der Waals surface area contributed by atoms with Gasteiger partial charge in [-0.2, -0.15) is 0 Å². The minimum Gasteiger partial charge on any atom is -0.465 e. The first-order valence-electron chi connectivity index (χ1n) is 10.6. The van der Waals surface area contributed by atoms with E-state index in [1.165, 1.54) is 0 Å². The number of carbonyl (C=O) groups is 2. The number of furan rings is 1. The van der Waals surface area contributed by atoms with Crippen molar-refractivity contribution in [3.05, 3.63) is 54.3 Å². The van der Waals surface area contributed by atoms with Crippen molar-refractivity contribution in [2.45, 2.75) is 32.4 Å². The van der Waals surface area contributed by atoms with Crippen LogP contribution >= 0.6 is 0 Å². The minimum absolute atomic E-state index is 0.119. The summed E-state index contributed by atoms with van der Waals surface area (Å²) in [6.45, 7) is 3.39. The van der Waals surface area contributed by atoms with E-state index in [-0.39, 0.29) is 24.5 Å². The Morgan fingerprint density at radius 2 is 2.13 bits per heavy atom. The predicted molar refractivity (Wildman–Crippen MR) is 119 cm³/mol. The van der Waals surface area contributed by atoms with Crippen molar-refractivity contribution in [1.82, 2.24) is 4.90 Å². The molecule has 7 nitrogen and oxygen atoms in total. The number of carbonyl (C=O) groups excluding carboxylic acids is 2. The molecule has 0 unspecified atom stereocenters. The summed E-state index contributed by atoms with van der Waals surface area (Å²) in [4.78, 5) is 26.8. The third-order valence-corrected chi connectivity index (χ3v) is 5.60. The van der Waals surface area contributed by atoms with Gasteiger partial charge in [0.25, 0.3) is 0 Å². The topological polar surface area (TPSA) is 97.8 Å². The summed E-state index contributed by atoms with van der Waals surface area (Å²) >= 11 is 0. The molecule has 1 aliphatic rings. The number of nitrogens with zero attached hydrogens (tertiary/aromatic N) is 1. The van der Waals surface area contributed by atoms with Crippen LogP contribution in [-0.2, 0) is 20.9 Å². The first-order chi connectivity index (χ1) is 15.1. The highest BCUT2D eigenvalue weighted by Gasteiger charge is 2.32. The Morgan fingerprint density at radius 1 is 1.26 bits per heavy atom. The normalized spacial score (nSPS) is 16.5. The molecule has 1 aliphatic heterocycles. The Kier molecular flexibility index (Phi) is 6.34. The van der Waals surface area contributed by atoms with Crippen molar-refractivity contribution >= 4 is 28.5 Å². The third-order valence-electron chi connectivity index (χ3n) is 5.60. The number of ether oxygens (including phenoxy) is 1. The molecule has 31 heavy (non-hydrogen) atoms. The molecule has 0 aliphatic carbocycles. The van der Waals surface area contributed by atoms with E-state index in [2.05, 4.69) is 5.32 Å². The van der Waals surface area contributed by atoms with Gasteiger partial charge in [-0.3, -0.25) is 14.5 Å². The Morgan fingerprint density at radius 3 is 2.94 bits per heavy atom. The molecule has 2 aromatic carbocycles. The summed E-state index contributed by atoms with van der Waals surface area (Å²) in [5.74, 6) is -0.421. The van der Waals surface area contributed by atoms with Gasteiger partial charge in [-0.1, -0.05) is 18.2 Å². The van der Waals surface area contributed by atoms with Crippen LogP contribution in [0.1, 0.15) is 25.3 Å². The number of hydrogen-bond donors (Lipinski definition) is 2. The zero-order valence-corrected chi connectivity index (χ0v) is 17.6. The van der Waals surface area contributed by atoms with Crippen LogP contribution in [0.3, 0.4) is 0 Å². The quantitative estimate of drug-likeness (QED) is 0.567. The van der Waals surface area contributed by atoms with Crippen LogP contribution in [0.4, 0.5) is 5.69 Å². The average molecular weight is 421 g/mol. The molecule has 162 valence electrons. The number of nitrogens with two attached hydrogens (primary N) is 1. The maximum absolute atomic E-state index is 13.0. The van der Waals surface area contributed by atoms with E-state index < -0.39 is 0 Å². The number of rotatable bonds is 7. The molecule has 2 heterocycles. The summed E-state index contributed by atoms with van der Waals surface area (Å²) in [6, 6.07) is 13.3. The van der Waals surface area contributed by atoms with E-state index in [4.69, 9.17) is 14.9 Å². The van der Waals surface area contributed by atoms with E-state index in [9.17, 15) is 9.59 Å². The first kappa shape index (κ1) is 21.1. The SMILES string of the molecule is CCOC(=O)CN1CCC[C@H]1C(=O)Nc1cc(-c2cccc(CN)c2)c2occc2c1. The van der Waals surface area contributed by atoms with Gasteiger partial charge in [0.15, 0.2) is 0 Å². The predicted octanol–water partition coefficient (Wildman–Crippen LogP) is 3.52. The number of benzene rings is 2. The monoisotopic (exact) mass is 421 g/mol. The maximum atomic E-state index is 13.0. The third kappa shape index (κ3) is 4.62. The summed E-state index contributed by atoms with van der Waals surface area (Å²) in [5, 5.41) is 3.94. The highest BCUT2D eigenvalue weighted by atomic mass is 16.5. The van der Waals surface area contributed by atoms with Crippen LogP contribution < -0.4 is 11.1 Å². The second kappa shape index (κ2) is 9.32. The molecule has 1 saturated heterocycles. The molecule has 1 aromatic heterocycles. The zero-order valence-electron chi connectivity index (χ0n) is 17.6. The van der Waals surface area contributed by atoms with Crippen LogP contribution in [0.25, 0.3) is 22.1 Å². The van der Waals surface area contributed by atoms with Crippen molar-refractivity contribution in [2.24, 2.45) is 5.73 Å². The second-order valence-electron chi connectivity index (χ2n) is 7.69. The van der Waals surface area contributed by atoms with Gasteiger partial charge in [-0.05, 0) is 61.7 Å². The van der Waals surface area contributed by atoms with Gasteiger partial charge >= 0.3 is 5.97 Å². The minimum atomic E-state index is -0.353. The van der Waals surface area contributed by atoms with E-state index in [0.29, 0.717) is 31.8 Å². The molecule has 3 aromatic rings.